The molecule has 4 rings (SSSR count). The molecular weight excluding hydrogens is 417 g/mol. The molecule has 3 heterocycles. The molecule has 3 aromatic rings. The highest BCUT2D eigenvalue weighted by atomic mass is 19.1. The molecule has 2 aromatic heterocycles. The summed E-state index contributed by atoms with van der Waals surface area (Å²) >= 11 is 0. The summed E-state index contributed by atoms with van der Waals surface area (Å²) in [6.07, 6.45) is 3.87. The Morgan fingerprint density at radius 2 is 2.28 bits per heavy atom. The number of carbonyl (C=O) groups is 1. The molecule has 0 saturated carbocycles. The van der Waals surface area contributed by atoms with Gasteiger partial charge >= 0.3 is 0 Å². The van der Waals surface area contributed by atoms with E-state index >= 15 is 0 Å². The molecule has 0 bridgehead atoms. The van der Waals surface area contributed by atoms with Crippen LogP contribution in [0.3, 0.4) is 0 Å². The maximum Gasteiger partial charge on any atom is 0.189 e. The molecule has 2 N–H and O–H groups in total. The van der Waals surface area contributed by atoms with Crippen molar-refractivity contribution < 1.29 is 23.0 Å². The highest BCUT2D eigenvalue weighted by molar-refractivity contribution is 5.86. The van der Waals surface area contributed by atoms with Gasteiger partial charge in [0, 0.05) is 44.3 Å². The van der Waals surface area contributed by atoms with Crippen molar-refractivity contribution in [2.45, 2.75) is 19.5 Å². The third-order valence-corrected chi connectivity index (χ3v) is 4.98. The van der Waals surface area contributed by atoms with Crippen LogP contribution in [0.15, 0.2) is 45.6 Å². The zero-order valence-electron chi connectivity index (χ0n) is 17.4. The van der Waals surface area contributed by atoms with Gasteiger partial charge in [-0.15, -0.1) is 0 Å². The maximum atomic E-state index is 15.0. The molecule has 1 aliphatic rings. The van der Waals surface area contributed by atoms with Gasteiger partial charge in [-0.1, -0.05) is 22.3 Å². The minimum atomic E-state index is -0.447. The van der Waals surface area contributed by atoms with Gasteiger partial charge in [0.15, 0.2) is 24.0 Å². The Balaban J connectivity index is 1.40. The van der Waals surface area contributed by atoms with Crippen LogP contribution >= 0.6 is 0 Å². The Kier molecular flexibility index (Phi) is 6.67. The first-order valence-electron chi connectivity index (χ1n) is 10.1. The van der Waals surface area contributed by atoms with E-state index in [1.54, 1.807) is 31.2 Å². The van der Waals surface area contributed by atoms with E-state index in [4.69, 9.17) is 13.8 Å². The van der Waals surface area contributed by atoms with E-state index in [2.05, 4.69) is 33.0 Å². The molecule has 1 atom stereocenters. The minimum absolute atomic E-state index is 0.103. The van der Waals surface area contributed by atoms with E-state index in [9.17, 15) is 9.18 Å². The number of ketones is 1. The number of benzene rings is 1. The van der Waals surface area contributed by atoms with Crippen molar-refractivity contribution in [3.05, 3.63) is 48.2 Å². The quantitative estimate of drug-likeness (QED) is 0.512. The Hall–Kier alpha value is -3.84. The molecule has 0 spiro atoms. The van der Waals surface area contributed by atoms with Gasteiger partial charge in [-0.05, 0) is 12.1 Å². The lowest BCUT2D eigenvalue weighted by atomic mass is 10.1. The first-order valence-corrected chi connectivity index (χ1v) is 10.1. The molecule has 32 heavy (non-hydrogen) atoms. The third kappa shape index (κ3) is 5.07. The Morgan fingerprint density at radius 1 is 1.38 bits per heavy atom. The van der Waals surface area contributed by atoms with Crippen LogP contribution < -0.4 is 15.5 Å². The van der Waals surface area contributed by atoms with E-state index in [1.165, 1.54) is 12.3 Å². The molecule has 9 nitrogen and oxygen atoms in total. The van der Waals surface area contributed by atoms with Gasteiger partial charge < -0.3 is 29.3 Å². The molecule has 0 amide bonds. The lowest BCUT2D eigenvalue weighted by Crippen LogP contribution is -2.55. The van der Waals surface area contributed by atoms with Crippen LogP contribution in [0.4, 0.5) is 15.9 Å². The molecule has 1 aromatic carbocycles. The average molecular weight is 439 g/mol. The lowest BCUT2D eigenvalue weighted by Gasteiger charge is -2.34. The molecule has 0 aliphatic carbocycles. The van der Waals surface area contributed by atoms with Gasteiger partial charge in [-0.25, -0.2) is 4.39 Å². The van der Waals surface area contributed by atoms with Crippen molar-refractivity contribution in [1.29, 1.82) is 0 Å². The topological polar surface area (TPSA) is 106 Å². The number of ether oxygens (including phenoxy) is 1. The summed E-state index contributed by atoms with van der Waals surface area (Å²) in [4.78, 5) is 14.1. The molecule has 1 fully saturated rings. The van der Waals surface area contributed by atoms with Crippen molar-refractivity contribution in [2.75, 3.05) is 36.5 Å². The van der Waals surface area contributed by atoms with Gasteiger partial charge in [0.25, 0.3) is 0 Å². The summed E-state index contributed by atoms with van der Waals surface area (Å²) in [6.45, 7) is 3.38. The highest BCUT2D eigenvalue weighted by Crippen LogP contribution is 2.27. The van der Waals surface area contributed by atoms with Crippen LogP contribution in [0.2, 0.25) is 0 Å². The van der Waals surface area contributed by atoms with Crippen molar-refractivity contribution in [2.24, 2.45) is 0 Å². The normalized spacial score (nSPS) is 15.7. The summed E-state index contributed by atoms with van der Waals surface area (Å²) in [5, 5.41) is 14.0. The van der Waals surface area contributed by atoms with Crippen molar-refractivity contribution in [1.82, 2.24) is 15.6 Å². The minimum Gasteiger partial charge on any atom is -0.439 e. The third-order valence-electron chi connectivity index (χ3n) is 4.98. The highest BCUT2D eigenvalue weighted by Gasteiger charge is 2.27. The van der Waals surface area contributed by atoms with Gasteiger partial charge in [0.2, 0.25) is 0 Å². The number of nitrogens with one attached hydrogen (secondary N) is 2. The molecule has 0 radical (unpaired) electrons. The number of nitrogens with zero attached hydrogens (tertiary/aromatic N) is 3. The second-order valence-corrected chi connectivity index (χ2v) is 7.14. The van der Waals surface area contributed by atoms with Crippen molar-refractivity contribution in [3.63, 3.8) is 0 Å². The smallest absolute Gasteiger partial charge is 0.189 e. The molecular formula is C22H22FN5O4. The average Bonchev–Trinajstić information content (AvgIpc) is 3.50. The van der Waals surface area contributed by atoms with Crippen molar-refractivity contribution in [3.8, 4) is 23.3 Å². The SMILES string of the molecule is CC#COCC(=O)C1CN(c2ccc(-c3cc(CNc4ccon4)on3)cc2F)CCN1. The monoisotopic (exact) mass is 439 g/mol. The number of halogens is 1. The largest absolute Gasteiger partial charge is 0.439 e. The van der Waals surface area contributed by atoms with Crippen LogP contribution in [0, 0.1) is 17.8 Å². The number of hydrogen-bond acceptors (Lipinski definition) is 9. The van der Waals surface area contributed by atoms with Crippen LogP contribution in [0.1, 0.15) is 12.7 Å². The number of rotatable bonds is 8. The Bertz CT molecular complexity index is 1120. The van der Waals surface area contributed by atoms with E-state index in [0.29, 0.717) is 54.7 Å². The van der Waals surface area contributed by atoms with E-state index < -0.39 is 11.9 Å². The second-order valence-electron chi connectivity index (χ2n) is 7.14. The van der Waals surface area contributed by atoms with E-state index in [0.717, 1.165) is 0 Å². The zero-order valence-corrected chi connectivity index (χ0v) is 17.4. The number of piperazine rings is 1. The summed E-state index contributed by atoms with van der Waals surface area (Å²) in [6, 6.07) is 7.87. The molecule has 1 unspecified atom stereocenters. The van der Waals surface area contributed by atoms with Crippen LogP contribution in [0.5, 0.6) is 0 Å². The number of aromatic nitrogens is 2. The summed E-state index contributed by atoms with van der Waals surface area (Å²) in [7, 11) is 0. The fourth-order valence-electron chi connectivity index (χ4n) is 3.40. The van der Waals surface area contributed by atoms with Gasteiger partial charge in [-0.2, -0.15) is 0 Å². The first kappa shape index (κ1) is 21.4. The maximum absolute atomic E-state index is 15.0. The lowest BCUT2D eigenvalue weighted by molar-refractivity contribution is -0.123. The van der Waals surface area contributed by atoms with Crippen LogP contribution in [-0.4, -0.2) is 48.4 Å². The fourth-order valence-corrected chi connectivity index (χ4v) is 3.40. The number of hydrogen-bond donors (Lipinski definition) is 2. The Labute approximate surface area is 183 Å². The van der Waals surface area contributed by atoms with Gasteiger partial charge in [0.05, 0.1) is 18.3 Å². The number of anilines is 2. The first-order chi connectivity index (χ1) is 15.6. The Morgan fingerprint density at radius 3 is 3.06 bits per heavy atom. The number of Topliss-reactive ketones (excluding diaryl/α,β-unsaturated/α-hetero) is 1. The number of carbonyl (C=O) groups excluding carboxylic acids is 1. The van der Waals surface area contributed by atoms with E-state index in [1.807, 2.05) is 4.90 Å². The fraction of sp³-hybridized carbons (Fsp3) is 0.318. The van der Waals surface area contributed by atoms with E-state index in [-0.39, 0.29) is 12.4 Å². The second kappa shape index (κ2) is 9.98. The van der Waals surface area contributed by atoms with Gasteiger partial charge in [0.1, 0.15) is 23.9 Å². The molecule has 1 saturated heterocycles. The summed E-state index contributed by atoms with van der Waals surface area (Å²) in [5.74, 6) is 3.21. The summed E-state index contributed by atoms with van der Waals surface area (Å²) < 4.78 is 30.0. The predicted octanol–water partition coefficient (Wildman–Crippen LogP) is 2.43. The molecule has 1 aliphatic heterocycles. The van der Waals surface area contributed by atoms with Crippen molar-refractivity contribution >= 4 is 17.3 Å². The molecule has 166 valence electrons. The summed E-state index contributed by atoms with van der Waals surface area (Å²) in [5.41, 5.74) is 1.55. The zero-order chi connectivity index (χ0) is 22.3. The predicted molar refractivity (Wildman–Crippen MR) is 114 cm³/mol. The molecule has 10 heteroatoms. The standard InChI is InChI=1S/C22H22FN5O4/c1-2-8-30-14-21(29)19-13-28(7-6-24-19)20-4-3-15(10-17(20)23)18-11-16(32-26-18)12-25-22-5-9-31-27-22/h3-5,9-11,19,24H,6-7,12-14H2,1H3,(H,25,27). The van der Waals surface area contributed by atoms with Crippen LogP contribution in [0.25, 0.3) is 11.3 Å². The van der Waals surface area contributed by atoms with Gasteiger partial charge in [-0.3, -0.25) is 4.79 Å². The van der Waals surface area contributed by atoms with Crippen LogP contribution in [-0.2, 0) is 16.1 Å².